The zero-order chi connectivity index (χ0) is 18.8. The van der Waals surface area contributed by atoms with Crippen molar-refractivity contribution in [3.05, 3.63) is 23.8 Å². The standard InChI is InChI=1S/C18H24F3NO3/c1-17(2,3)25-16(24)22-9-7-12(8-10-22)15(23)13-5-4-6-14(11-13)18(19,20)21/h4-6,12-13H,7-11H2,1-3H3/t13-/m0/s1. The fourth-order valence-corrected chi connectivity index (χ4v) is 3.06. The van der Waals surface area contributed by atoms with E-state index in [0.717, 1.165) is 6.08 Å². The third-order valence-corrected chi connectivity index (χ3v) is 4.36. The summed E-state index contributed by atoms with van der Waals surface area (Å²) in [5, 5.41) is 0. The first-order valence-electron chi connectivity index (χ1n) is 8.43. The molecular weight excluding hydrogens is 335 g/mol. The van der Waals surface area contributed by atoms with Crippen molar-refractivity contribution >= 4 is 11.9 Å². The second kappa shape index (κ2) is 7.22. The molecule has 0 aromatic rings. The van der Waals surface area contributed by atoms with Gasteiger partial charge in [0, 0.05) is 30.5 Å². The Hall–Kier alpha value is -1.79. The molecule has 1 aliphatic heterocycles. The van der Waals surface area contributed by atoms with E-state index in [9.17, 15) is 22.8 Å². The average molecular weight is 359 g/mol. The molecule has 4 nitrogen and oxygen atoms in total. The number of likely N-dealkylation sites (tertiary alicyclic amines) is 1. The van der Waals surface area contributed by atoms with Crippen LogP contribution in [0.4, 0.5) is 18.0 Å². The highest BCUT2D eigenvalue weighted by atomic mass is 19.4. The topological polar surface area (TPSA) is 46.6 Å². The number of allylic oxidation sites excluding steroid dienone is 4. The van der Waals surface area contributed by atoms with E-state index in [1.807, 2.05) is 0 Å². The highest BCUT2D eigenvalue weighted by Crippen LogP contribution is 2.35. The number of carbonyl (C=O) groups is 2. The van der Waals surface area contributed by atoms with Crippen molar-refractivity contribution in [2.45, 2.75) is 51.8 Å². The van der Waals surface area contributed by atoms with Crippen LogP contribution in [0.5, 0.6) is 0 Å². The summed E-state index contributed by atoms with van der Waals surface area (Å²) in [7, 11) is 0. The second-order valence-electron chi connectivity index (χ2n) is 7.53. The Labute approximate surface area is 145 Å². The molecule has 0 radical (unpaired) electrons. The van der Waals surface area contributed by atoms with Gasteiger partial charge in [-0.1, -0.05) is 18.2 Å². The maximum Gasteiger partial charge on any atom is 0.412 e. The Bertz CT molecular complexity index is 579. The molecule has 7 heteroatoms. The summed E-state index contributed by atoms with van der Waals surface area (Å²) in [5.74, 6) is -1.23. The van der Waals surface area contributed by atoms with Gasteiger partial charge in [0.1, 0.15) is 11.4 Å². The largest absolute Gasteiger partial charge is 0.444 e. The van der Waals surface area contributed by atoms with Crippen LogP contribution in [-0.2, 0) is 9.53 Å². The zero-order valence-corrected chi connectivity index (χ0v) is 14.7. The predicted octanol–water partition coefficient (Wildman–Crippen LogP) is 4.27. The van der Waals surface area contributed by atoms with Gasteiger partial charge in [0.15, 0.2) is 0 Å². The van der Waals surface area contributed by atoms with Gasteiger partial charge in [-0.3, -0.25) is 4.79 Å². The number of ether oxygens (including phenoxy) is 1. The number of Topliss-reactive ketones (excluding diaryl/α,β-unsaturated/α-hetero) is 1. The van der Waals surface area contributed by atoms with Gasteiger partial charge in [-0.2, -0.15) is 13.2 Å². The molecule has 0 unspecified atom stereocenters. The number of piperidine rings is 1. The van der Waals surface area contributed by atoms with Crippen molar-refractivity contribution in [3.63, 3.8) is 0 Å². The molecule has 0 N–H and O–H groups in total. The van der Waals surface area contributed by atoms with E-state index in [1.54, 1.807) is 25.7 Å². The van der Waals surface area contributed by atoms with E-state index in [-0.39, 0.29) is 18.1 Å². The van der Waals surface area contributed by atoms with E-state index in [4.69, 9.17) is 4.74 Å². The van der Waals surface area contributed by atoms with Crippen LogP contribution >= 0.6 is 0 Å². The van der Waals surface area contributed by atoms with Gasteiger partial charge in [0.2, 0.25) is 0 Å². The summed E-state index contributed by atoms with van der Waals surface area (Å²) in [6.07, 6.45) is -0.342. The lowest BCUT2D eigenvalue weighted by molar-refractivity contribution is -0.127. The van der Waals surface area contributed by atoms with Crippen LogP contribution in [0.25, 0.3) is 0 Å². The van der Waals surface area contributed by atoms with Crippen LogP contribution in [-0.4, -0.2) is 41.6 Å². The SMILES string of the molecule is CC(C)(C)OC(=O)N1CCC(C(=O)[C@H]2C=CC=C(C(F)(F)F)C2)CC1. The van der Waals surface area contributed by atoms with E-state index < -0.39 is 29.4 Å². The summed E-state index contributed by atoms with van der Waals surface area (Å²) in [6.45, 7) is 6.10. The summed E-state index contributed by atoms with van der Waals surface area (Å²) < 4.78 is 43.8. The summed E-state index contributed by atoms with van der Waals surface area (Å²) >= 11 is 0. The van der Waals surface area contributed by atoms with Crippen molar-refractivity contribution in [3.8, 4) is 0 Å². The number of hydrogen-bond donors (Lipinski definition) is 0. The minimum Gasteiger partial charge on any atom is -0.444 e. The number of halogens is 3. The number of nitrogens with zero attached hydrogens (tertiary/aromatic N) is 1. The zero-order valence-electron chi connectivity index (χ0n) is 14.7. The van der Waals surface area contributed by atoms with Crippen molar-refractivity contribution in [2.24, 2.45) is 11.8 Å². The quantitative estimate of drug-likeness (QED) is 0.740. The smallest absolute Gasteiger partial charge is 0.412 e. The molecule has 0 aromatic carbocycles. The van der Waals surface area contributed by atoms with Crippen LogP contribution in [0.3, 0.4) is 0 Å². The number of ketones is 1. The molecule has 2 aliphatic rings. The third kappa shape index (κ3) is 5.34. The highest BCUT2D eigenvalue weighted by Gasteiger charge is 2.39. The molecule has 1 aliphatic carbocycles. The van der Waals surface area contributed by atoms with Gasteiger partial charge in [-0.15, -0.1) is 0 Å². The minimum atomic E-state index is -4.40. The normalized spacial score (nSPS) is 22.6. The molecule has 1 saturated heterocycles. The molecule has 0 bridgehead atoms. The predicted molar refractivity (Wildman–Crippen MR) is 86.9 cm³/mol. The van der Waals surface area contributed by atoms with Crippen molar-refractivity contribution in [1.29, 1.82) is 0 Å². The number of amides is 1. The molecule has 1 atom stereocenters. The Kier molecular flexibility index (Phi) is 5.64. The fourth-order valence-electron chi connectivity index (χ4n) is 3.06. The Balaban J connectivity index is 1.89. The Morgan fingerprint density at radius 1 is 1.16 bits per heavy atom. The second-order valence-corrected chi connectivity index (χ2v) is 7.53. The van der Waals surface area contributed by atoms with Crippen LogP contribution in [0, 0.1) is 11.8 Å². The molecule has 25 heavy (non-hydrogen) atoms. The van der Waals surface area contributed by atoms with Crippen LogP contribution in [0.1, 0.15) is 40.0 Å². The van der Waals surface area contributed by atoms with Crippen LogP contribution < -0.4 is 0 Å². The summed E-state index contributed by atoms with van der Waals surface area (Å²) in [6, 6.07) is 0. The summed E-state index contributed by atoms with van der Waals surface area (Å²) in [5.41, 5.74) is -1.25. The lowest BCUT2D eigenvalue weighted by atomic mass is 9.81. The Morgan fingerprint density at radius 2 is 1.76 bits per heavy atom. The molecule has 0 saturated carbocycles. The maximum absolute atomic E-state index is 12.8. The highest BCUT2D eigenvalue weighted by molar-refractivity contribution is 5.86. The molecule has 0 spiro atoms. The van der Waals surface area contributed by atoms with E-state index in [2.05, 4.69) is 0 Å². The minimum absolute atomic E-state index is 0.171. The van der Waals surface area contributed by atoms with Crippen molar-refractivity contribution in [1.82, 2.24) is 4.90 Å². The van der Waals surface area contributed by atoms with E-state index in [0.29, 0.717) is 25.9 Å². The van der Waals surface area contributed by atoms with Crippen molar-refractivity contribution in [2.75, 3.05) is 13.1 Å². The molecule has 2 rings (SSSR count). The fraction of sp³-hybridized carbons (Fsp3) is 0.667. The number of carbonyl (C=O) groups excluding carboxylic acids is 2. The number of rotatable bonds is 2. The van der Waals surface area contributed by atoms with Gasteiger partial charge in [0.25, 0.3) is 0 Å². The lowest BCUT2D eigenvalue weighted by Crippen LogP contribution is -2.43. The molecule has 0 aromatic heterocycles. The summed E-state index contributed by atoms with van der Waals surface area (Å²) in [4.78, 5) is 26.1. The molecule has 140 valence electrons. The number of hydrogen-bond acceptors (Lipinski definition) is 3. The van der Waals surface area contributed by atoms with Crippen LogP contribution in [0.2, 0.25) is 0 Å². The first kappa shape index (κ1) is 19.5. The Morgan fingerprint density at radius 3 is 2.28 bits per heavy atom. The average Bonchev–Trinajstić information content (AvgIpc) is 2.52. The van der Waals surface area contributed by atoms with E-state index in [1.165, 1.54) is 12.2 Å². The van der Waals surface area contributed by atoms with Gasteiger partial charge >= 0.3 is 12.3 Å². The monoisotopic (exact) mass is 359 g/mol. The van der Waals surface area contributed by atoms with Crippen LogP contribution in [0.15, 0.2) is 23.8 Å². The maximum atomic E-state index is 12.8. The number of alkyl halides is 3. The first-order chi connectivity index (χ1) is 11.5. The van der Waals surface area contributed by atoms with E-state index >= 15 is 0 Å². The van der Waals surface area contributed by atoms with Gasteiger partial charge in [-0.05, 0) is 40.0 Å². The van der Waals surface area contributed by atoms with Gasteiger partial charge in [0.05, 0.1) is 0 Å². The third-order valence-electron chi connectivity index (χ3n) is 4.36. The first-order valence-corrected chi connectivity index (χ1v) is 8.43. The van der Waals surface area contributed by atoms with Gasteiger partial charge < -0.3 is 9.64 Å². The molecule has 1 amide bonds. The lowest BCUT2D eigenvalue weighted by Gasteiger charge is -2.34. The molecule has 1 heterocycles. The van der Waals surface area contributed by atoms with Crippen molar-refractivity contribution < 1.29 is 27.5 Å². The molecule has 1 fully saturated rings. The molecular formula is C18H24F3NO3. The van der Waals surface area contributed by atoms with Gasteiger partial charge in [-0.25, -0.2) is 4.79 Å².